The lowest BCUT2D eigenvalue weighted by atomic mass is 10.1. The molecule has 3 aromatic rings. The maximum absolute atomic E-state index is 12.3. The second-order valence-corrected chi connectivity index (χ2v) is 8.89. The Hall–Kier alpha value is -2.77. The van der Waals surface area contributed by atoms with Gasteiger partial charge in [-0.3, -0.25) is 9.36 Å². The van der Waals surface area contributed by atoms with E-state index in [-0.39, 0.29) is 17.8 Å². The number of benzene rings is 2. The van der Waals surface area contributed by atoms with Crippen molar-refractivity contribution in [3.05, 3.63) is 82.7 Å². The fourth-order valence-corrected chi connectivity index (χ4v) is 4.16. The number of thioether (sulfide) groups is 1. The Morgan fingerprint density at radius 2 is 1.91 bits per heavy atom. The number of carbonyl (C=O) groups is 1. The van der Waals surface area contributed by atoms with E-state index >= 15 is 0 Å². The normalized spacial score (nSPS) is 11.8. The highest BCUT2D eigenvalue weighted by Crippen LogP contribution is 2.26. The van der Waals surface area contributed by atoms with Crippen LogP contribution in [0.25, 0.3) is 0 Å². The molecule has 0 spiro atoms. The van der Waals surface area contributed by atoms with Crippen molar-refractivity contribution in [1.29, 1.82) is 0 Å². The Morgan fingerprint density at radius 3 is 2.56 bits per heavy atom. The van der Waals surface area contributed by atoms with Gasteiger partial charge in [0, 0.05) is 18.1 Å². The fraction of sp³-hybridized carbons (Fsp3) is 0.292. The summed E-state index contributed by atoms with van der Waals surface area (Å²) in [6.07, 6.45) is 1.47. The molecule has 168 valence electrons. The summed E-state index contributed by atoms with van der Waals surface area (Å²) in [5.74, 6) is 1.63. The number of amides is 1. The van der Waals surface area contributed by atoms with Gasteiger partial charge in [-0.25, -0.2) is 0 Å². The molecule has 6 nitrogen and oxygen atoms in total. The molecule has 0 aliphatic heterocycles. The number of hydrogen-bond acceptors (Lipinski definition) is 5. The fourth-order valence-electron chi connectivity index (χ4n) is 3.25. The van der Waals surface area contributed by atoms with Crippen LogP contribution in [-0.2, 0) is 17.9 Å². The maximum atomic E-state index is 12.3. The molecule has 0 fully saturated rings. The molecule has 2 aromatic carbocycles. The number of nitrogens with zero attached hydrogens (tertiary/aromatic N) is 3. The van der Waals surface area contributed by atoms with Crippen LogP contribution in [0, 0.1) is 13.8 Å². The van der Waals surface area contributed by atoms with E-state index in [1.54, 1.807) is 18.2 Å². The zero-order chi connectivity index (χ0) is 23.1. The van der Waals surface area contributed by atoms with Gasteiger partial charge in [0.1, 0.15) is 5.75 Å². The number of nitrogens with one attached hydrogen (secondary N) is 1. The van der Waals surface area contributed by atoms with Gasteiger partial charge < -0.3 is 10.1 Å². The van der Waals surface area contributed by atoms with E-state index in [4.69, 9.17) is 16.3 Å². The molecule has 1 unspecified atom stereocenters. The first-order chi connectivity index (χ1) is 15.4. The van der Waals surface area contributed by atoms with Gasteiger partial charge in [-0.15, -0.1) is 16.8 Å². The van der Waals surface area contributed by atoms with E-state index < -0.39 is 0 Å². The summed E-state index contributed by atoms with van der Waals surface area (Å²) in [6.45, 7) is 10.8. The molecular formula is C24H27ClN4O2S. The number of halogens is 1. The summed E-state index contributed by atoms with van der Waals surface area (Å²) in [4.78, 5) is 12.3. The smallest absolute Gasteiger partial charge is 0.230 e. The molecule has 32 heavy (non-hydrogen) atoms. The first-order valence-corrected chi connectivity index (χ1v) is 11.6. The Bertz CT molecular complexity index is 1060. The Labute approximate surface area is 198 Å². The summed E-state index contributed by atoms with van der Waals surface area (Å²) in [6, 6.07) is 13.5. The highest BCUT2D eigenvalue weighted by atomic mass is 35.5. The zero-order valence-corrected chi connectivity index (χ0v) is 20.0. The second kappa shape index (κ2) is 11.2. The highest BCUT2D eigenvalue weighted by molar-refractivity contribution is 7.99. The predicted octanol–water partition coefficient (Wildman–Crippen LogP) is 5.28. The first-order valence-electron chi connectivity index (χ1n) is 10.3. The molecule has 1 heterocycles. The van der Waals surface area contributed by atoms with Crippen LogP contribution in [-0.4, -0.2) is 26.4 Å². The number of aromatic nitrogens is 3. The lowest BCUT2D eigenvalue weighted by Gasteiger charge is -2.16. The topological polar surface area (TPSA) is 69.0 Å². The minimum atomic E-state index is -0.309. The van der Waals surface area contributed by atoms with E-state index in [1.807, 2.05) is 49.6 Å². The molecule has 8 heteroatoms. The van der Waals surface area contributed by atoms with Gasteiger partial charge in [0.15, 0.2) is 17.1 Å². The van der Waals surface area contributed by atoms with Crippen LogP contribution in [0.3, 0.4) is 0 Å². The van der Waals surface area contributed by atoms with Crippen LogP contribution in [0.15, 0.2) is 60.3 Å². The van der Waals surface area contributed by atoms with Gasteiger partial charge in [0.2, 0.25) is 5.91 Å². The summed E-state index contributed by atoms with van der Waals surface area (Å²) >= 11 is 7.23. The predicted molar refractivity (Wildman–Crippen MR) is 129 cm³/mol. The number of carbonyl (C=O) groups excluding carboxylic acids is 1. The van der Waals surface area contributed by atoms with Crippen molar-refractivity contribution < 1.29 is 9.53 Å². The summed E-state index contributed by atoms with van der Waals surface area (Å²) in [7, 11) is 0. The zero-order valence-electron chi connectivity index (χ0n) is 18.5. The van der Waals surface area contributed by atoms with Crippen LogP contribution < -0.4 is 10.1 Å². The third-order valence-corrected chi connectivity index (χ3v) is 5.88. The van der Waals surface area contributed by atoms with E-state index in [2.05, 4.69) is 28.2 Å². The molecule has 0 aliphatic carbocycles. The largest absolute Gasteiger partial charge is 0.483 e. The molecule has 0 radical (unpaired) electrons. The maximum Gasteiger partial charge on any atom is 0.230 e. The number of ether oxygens (including phenoxy) is 1. The van der Waals surface area contributed by atoms with Crippen LogP contribution in [0.5, 0.6) is 5.75 Å². The van der Waals surface area contributed by atoms with Crippen molar-refractivity contribution in [2.75, 3.05) is 5.75 Å². The average molecular weight is 471 g/mol. The molecule has 0 bridgehead atoms. The third-order valence-electron chi connectivity index (χ3n) is 4.66. The Morgan fingerprint density at radius 1 is 1.22 bits per heavy atom. The Balaban J connectivity index is 1.62. The van der Waals surface area contributed by atoms with E-state index in [0.29, 0.717) is 29.1 Å². The van der Waals surface area contributed by atoms with Crippen LogP contribution in [0.4, 0.5) is 0 Å². The lowest BCUT2D eigenvalue weighted by Crippen LogP contribution is -2.24. The van der Waals surface area contributed by atoms with E-state index in [9.17, 15) is 4.79 Å². The van der Waals surface area contributed by atoms with Gasteiger partial charge in [-0.05, 0) is 61.7 Å². The lowest BCUT2D eigenvalue weighted by molar-refractivity contribution is -0.118. The van der Waals surface area contributed by atoms with Crippen molar-refractivity contribution >= 4 is 29.3 Å². The summed E-state index contributed by atoms with van der Waals surface area (Å²) in [5.41, 5.74) is 3.27. The van der Waals surface area contributed by atoms with Crippen LogP contribution in [0.2, 0.25) is 5.02 Å². The van der Waals surface area contributed by atoms with Crippen molar-refractivity contribution in [2.45, 2.75) is 45.1 Å². The quantitative estimate of drug-likeness (QED) is 0.322. The highest BCUT2D eigenvalue weighted by Gasteiger charge is 2.20. The van der Waals surface area contributed by atoms with Crippen LogP contribution in [0.1, 0.15) is 35.5 Å². The molecule has 1 amide bonds. The van der Waals surface area contributed by atoms with Crippen molar-refractivity contribution in [3.63, 3.8) is 0 Å². The van der Waals surface area contributed by atoms with Gasteiger partial charge >= 0.3 is 0 Å². The second-order valence-electron chi connectivity index (χ2n) is 7.52. The van der Waals surface area contributed by atoms with Crippen LogP contribution >= 0.6 is 23.4 Å². The number of hydrogen-bond donors (Lipinski definition) is 1. The minimum absolute atomic E-state index is 0.0841. The standard InChI is InChI=1S/C24H27ClN4O2S/c1-5-10-29-23(18(4)31-21-12-16(2)11-17(3)13-21)27-28-24(29)32-15-22(30)26-14-19-6-8-20(25)9-7-19/h5-9,11-13,18H,1,10,14-15H2,2-4H3,(H,26,30). The molecular weight excluding hydrogens is 444 g/mol. The van der Waals surface area contributed by atoms with Gasteiger partial charge in [0.25, 0.3) is 0 Å². The number of rotatable bonds is 10. The first kappa shape index (κ1) is 23.9. The molecule has 0 aliphatic rings. The van der Waals surface area contributed by atoms with E-state index in [0.717, 1.165) is 22.4 Å². The van der Waals surface area contributed by atoms with Crippen molar-refractivity contribution in [1.82, 2.24) is 20.1 Å². The van der Waals surface area contributed by atoms with Gasteiger partial charge in [-0.2, -0.15) is 0 Å². The van der Waals surface area contributed by atoms with Gasteiger partial charge in [0.05, 0.1) is 5.75 Å². The monoisotopic (exact) mass is 470 g/mol. The molecule has 1 aromatic heterocycles. The summed E-state index contributed by atoms with van der Waals surface area (Å²) < 4.78 is 8.06. The third kappa shape index (κ3) is 6.61. The van der Waals surface area contributed by atoms with Gasteiger partial charge in [-0.1, -0.05) is 47.6 Å². The van der Waals surface area contributed by atoms with E-state index in [1.165, 1.54) is 11.8 Å². The SMILES string of the molecule is C=CCn1c(SCC(=O)NCc2ccc(Cl)cc2)nnc1C(C)Oc1cc(C)cc(C)c1. The number of allylic oxidation sites excluding steroid dienone is 1. The molecule has 1 N–H and O–H groups in total. The average Bonchev–Trinajstić information content (AvgIpc) is 3.14. The molecule has 0 saturated carbocycles. The summed E-state index contributed by atoms with van der Waals surface area (Å²) in [5, 5.41) is 12.8. The minimum Gasteiger partial charge on any atom is -0.483 e. The molecule has 3 rings (SSSR count). The van der Waals surface area contributed by atoms with Crippen molar-refractivity contribution in [3.8, 4) is 5.75 Å². The molecule has 1 atom stereocenters. The number of aryl methyl sites for hydroxylation is 2. The van der Waals surface area contributed by atoms with Crippen molar-refractivity contribution in [2.24, 2.45) is 0 Å². The Kier molecular flexibility index (Phi) is 8.36. The molecule has 0 saturated heterocycles.